The van der Waals surface area contributed by atoms with Crippen molar-refractivity contribution in [1.82, 2.24) is 0 Å². The first-order valence-corrected chi connectivity index (χ1v) is 5.27. The minimum absolute atomic E-state index is 0.742. The topological polar surface area (TPSA) is 26.0 Å². The summed E-state index contributed by atoms with van der Waals surface area (Å²) in [5, 5.41) is 0. The van der Waals surface area contributed by atoms with E-state index in [1.54, 1.807) is 0 Å². The zero-order valence-electron chi connectivity index (χ0n) is 8.57. The summed E-state index contributed by atoms with van der Waals surface area (Å²) in [6.07, 6.45) is 0. The monoisotopic (exact) mass is 215 g/mol. The van der Waals surface area contributed by atoms with Gasteiger partial charge < -0.3 is 5.73 Å². The van der Waals surface area contributed by atoms with Gasteiger partial charge in [0.05, 0.1) is 5.69 Å². The van der Waals surface area contributed by atoms with Crippen LogP contribution in [-0.2, 0) is 0 Å². The summed E-state index contributed by atoms with van der Waals surface area (Å²) < 4.78 is 0. The molecule has 0 saturated carbocycles. The molecule has 0 fully saturated rings. The molecule has 0 aromatic heterocycles. The lowest BCUT2D eigenvalue weighted by Crippen LogP contribution is -1.91. The second-order valence-corrected chi connectivity index (χ2v) is 4.09. The molecule has 2 aromatic carbocycles. The molecule has 0 atom stereocenters. The first-order valence-electron chi connectivity index (χ1n) is 4.83. The third kappa shape index (κ3) is 2.00. The Kier molecular flexibility index (Phi) is 2.69. The standard InChI is InChI=1S/C13H13NS/c1-9-4-2-5-10(8-9)11-6-3-7-12(15)13(11)14/h2-8,15H,14H2,1H3. The number of hydrogen-bond acceptors (Lipinski definition) is 2. The van der Waals surface area contributed by atoms with Crippen LogP contribution in [0.25, 0.3) is 11.1 Å². The molecule has 0 unspecified atom stereocenters. The van der Waals surface area contributed by atoms with Crippen LogP contribution in [0, 0.1) is 6.92 Å². The fraction of sp³-hybridized carbons (Fsp3) is 0.0769. The molecular formula is C13H13NS. The second kappa shape index (κ2) is 3.99. The summed E-state index contributed by atoms with van der Waals surface area (Å²) in [6, 6.07) is 14.2. The molecule has 0 radical (unpaired) electrons. The summed E-state index contributed by atoms with van der Waals surface area (Å²) in [4.78, 5) is 0.828. The summed E-state index contributed by atoms with van der Waals surface area (Å²) in [6.45, 7) is 2.07. The van der Waals surface area contributed by atoms with E-state index in [-0.39, 0.29) is 0 Å². The van der Waals surface area contributed by atoms with Gasteiger partial charge in [0.15, 0.2) is 0 Å². The average molecular weight is 215 g/mol. The van der Waals surface area contributed by atoms with Gasteiger partial charge in [-0.05, 0) is 18.6 Å². The average Bonchev–Trinajstić information content (AvgIpc) is 2.22. The minimum atomic E-state index is 0.742. The van der Waals surface area contributed by atoms with Crippen LogP contribution in [0.5, 0.6) is 0 Å². The van der Waals surface area contributed by atoms with Crippen LogP contribution in [0.1, 0.15) is 5.56 Å². The normalized spacial score (nSPS) is 10.3. The van der Waals surface area contributed by atoms with Crippen molar-refractivity contribution in [2.75, 3.05) is 5.73 Å². The molecule has 76 valence electrons. The van der Waals surface area contributed by atoms with Crippen molar-refractivity contribution in [3.63, 3.8) is 0 Å². The zero-order valence-corrected chi connectivity index (χ0v) is 9.46. The molecule has 0 aliphatic heterocycles. The van der Waals surface area contributed by atoms with Crippen LogP contribution in [0.3, 0.4) is 0 Å². The predicted octanol–water partition coefficient (Wildman–Crippen LogP) is 3.53. The van der Waals surface area contributed by atoms with E-state index < -0.39 is 0 Å². The van der Waals surface area contributed by atoms with Crippen LogP contribution in [0.2, 0.25) is 0 Å². The fourth-order valence-electron chi connectivity index (χ4n) is 1.62. The predicted molar refractivity (Wildman–Crippen MR) is 68.3 cm³/mol. The second-order valence-electron chi connectivity index (χ2n) is 3.61. The summed E-state index contributed by atoms with van der Waals surface area (Å²) in [5.74, 6) is 0. The highest BCUT2D eigenvalue weighted by atomic mass is 32.1. The first kappa shape index (κ1) is 10.1. The molecule has 2 N–H and O–H groups in total. The van der Waals surface area contributed by atoms with Crippen molar-refractivity contribution >= 4 is 18.3 Å². The molecule has 0 bridgehead atoms. The summed E-state index contributed by atoms with van der Waals surface area (Å²) in [7, 11) is 0. The molecule has 0 aliphatic carbocycles. The largest absolute Gasteiger partial charge is 0.397 e. The van der Waals surface area contributed by atoms with Gasteiger partial charge in [-0.2, -0.15) is 0 Å². The number of aryl methyl sites for hydroxylation is 1. The van der Waals surface area contributed by atoms with Crippen molar-refractivity contribution in [3.8, 4) is 11.1 Å². The Balaban J connectivity index is 2.59. The lowest BCUT2D eigenvalue weighted by molar-refractivity contribution is 1.43. The van der Waals surface area contributed by atoms with Gasteiger partial charge in [0.25, 0.3) is 0 Å². The SMILES string of the molecule is Cc1cccc(-c2cccc(S)c2N)c1. The molecule has 1 nitrogen and oxygen atoms in total. The maximum Gasteiger partial charge on any atom is 0.0529 e. The highest BCUT2D eigenvalue weighted by Gasteiger charge is 2.04. The number of rotatable bonds is 1. The Morgan fingerprint density at radius 1 is 1.07 bits per heavy atom. The van der Waals surface area contributed by atoms with E-state index in [1.807, 2.05) is 24.3 Å². The van der Waals surface area contributed by atoms with Crippen molar-refractivity contribution in [2.24, 2.45) is 0 Å². The zero-order chi connectivity index (χ0) is 10.8. The lowest BCUT2D eigenvalue weighted by atomic mass is 10.0. The quantitative estimate of drug-likeness (QED) is 0.552. The van der Waals surface area contributed by atoms with Gasteiger partial charge in [0, 0.05) is 10.5 Å². The highest BCUT2D eigenvalue weighted by Crippen LogP contribution is 2.30. The maximum absolute atomic E-state index is 5.99. The van der Waals surface area contributed by atoms with E-state index in [9.17, 15) is 0 Å². The molecular weight excluding hydrogens is 202 g/mol. The molecule has 0 amide bonds. The van der Waals surface area contributed by atoms with Gasteiger partial charge in [-0.25, -0.2) is 0 Å². The maximum atomic E-state index is 5.99. The van der Waals surface area contributed by atoms with E-state index in [0.717, 1.165) is 21.7 Å². The Labute approximate surface area is 95.3 Å². The van der Waals surface area contributed by atoms with E-state index in [4.69, 9.17) is 5.73 Å². The third-order valence-corrected chi connectivity index (χ3v) is 2.80. The first-order chi connectivity index (χ1) is 7.18. The van der Waals surface area contributed by atoms with Crippen LogP contribution in [0.4, 0.5) is 5.69 Å². The highest BCUT2D eigenvalue weighted by molar-refractivity contribution is 7.80. The van der Waals surface area contributed by atoms with Gasteiger partial charge in [-0.3, -0.25) is 0 Å². The summed E-state index contributed by atoms with van der Waals surface area (Å²) in [5.41, 5.74) is 10.2. The molecule has 0 saturated heterocycles. The molecule has 2 heteroatoms. The van der Waals surface area contributed by atoms with Gasteiger partial charge in [0.2, 0.25) is 0 Å². The van der Waals surface area contributed by atoms with E-state index >= 15 is 0 Å². The van der Waals surface area contributed by atoms with Gasteiger partial charge in [-0.15, -0.1) is 12.6 Å². The Morgan fingerprint density at radius 2 is 1.80 bits per heavy atom. The van der Waals surface area contributed by atoms with Crippen LogP contribution in [0.15, 0.2) is 47.4 Å². The molecule has 0 aliphatic rings. The molecule has 2 aromatic rings. The van der Waals surface area contributed by atoms with Crippen LogP contribution < -0.4 is 5.73 Å². The Morgan fingerprint density at radius 3 is 2.53 bits per heavy atom. The van der Waals surface area contributed by atoms with Gasteiger partial charge in [0.1, 0.15) is 0 Å². The number of thiol groups is 1. The number of benzene rings is 2. The molecule has 0 spiro atoms. The number of nitrogen functional groups attached to an aromatic ring is 1. The van der Waals surface area contributed by atoms with Gasteiger partial charge >= 0.3 is 0 Å². The number of nitrogens with two attached hydrogens (primary N) is 1. The minimum Gasteiger partial charge on any atom is -0.397 e. The van der Waals surface area contributed by atoms with Crippen molar-refractivity contribution in [1.29, 1.82) is 0 Å². The van der Waals surface area contributed by atoms with Crippen molar-refractivity contribution in [2.45, 2.75) is 11.8 Å². The molecule has 2 rings (SSSR count). The molecule has 15 heavy (non-hydrogen) atoms. The summed E-state index contributed by atoms with van der Waals surface area (Å²) >= 11 is 4.32. The smallest absolute Gasteiger partial charge is 0.0529 e. The van der Waals surface area contributed by atoms with E-state index in [1.165, 1.54) is 5.56 Å². The number of hydrogen-bond donors (Lipinski definition) is 2. The van der Waals surface area contributed by atoms with E-state index in [0.29, 0.717) is 0 Å². The van der Waals surface area contributed by atoms with E-state index in [2.05, 4.69) is 37.8 Å². The van der Waals surface area contributed by atoms with Crippen LogP contribution in [-0.4, -0.2) is 0 Å². The number of para-hydroxylation sites is 1. The van der Waals surface area contributed by atoms with Crippen molar-refractivity contribution in [3.05, 3.63) is 48.0 Å². The Hall–Kier alpha value is -1.41. The number of anilines is 1. The van der Waals surface area contributed by atoms with Crippen molar-refractivity contribution < 1.29 is 0 Å². The fourth-order valence-corrected chi connectivity index (χ4v) is 1.82. The van der Waals surface area contributed by atoms with Gasteiger partial charge in [-0.1, -0.05) is 42.0 Å². The third-order valence-electron chi connectivity index (χ3n) is 2.41. The lowest BCUT2D eigenvalue weighted by Gasteiger charge is -2.08. The Bertz CT molecular complexity index is 492. The van der Waals surface area contributed by atoms with Crippen LogP contribution >= 0.6 is 12.6 Å². The molecule has 0 heterocycles.